The van der Waals surface area contributed by atoms with Crippen molar-refractivity contribution in [2.75, 3.05) is 31.5 Å². The van der Waals surface area contributed by atoms with Crippen LogP contribution in [0.5, 0.6) is 0 Å². The van der Waals surface area contributed by atoms with Gasteiger partial charge in [-0.15, -0.1) is 0 Å². The van der Waals surface area contributed by atoms with Crippen molar-refractivity contribution in [3.05, 3.63) is 87.4 Å². The van der Waals surface area contributed by atoms with Crippen molar-refractivity contribution in [2.24, 2.45) is 4.99 Å². The minimum Gasteiger partial charge on any atom is -0.353 e. The Balaban J connectivity index is 1.39. The van der Waals surface area contributed by atoms with Gasteiger partial charge in [-0.05, 0) is 48.0 Å². The highest BCUT2D eigenvalue weighted by molar-refractivity contribution is 9.10. The molecule has 0 aromatic heterocycles. The maximum Gasteiger partial charge on any atom is 0.138 e. The van der Waals surface area contributed by atoms with Gasteiger partial charge in [-0.25, -0.2) is 4.99 Å². The Bertz CT molecular complexity index is 1110. The summed E-state index contributed by atoms with van der Waals surface area (Å²) in [5.41, 5.74) is 5.40. The molecule has 0 aliphatic carbocycles. The third-order valence-corrected chi connectivity index (χ3v) is 6.32. The molecule has 3 aromatic rings. The van der Waals surface area contributed by atoms with Gasteiger partial charge in [-0.1, -0.05) is 51.8 Å². The summed E-state index contributed by atoms with van der Waals surface area (Å²) in [6, 6.07) is 22.8. The molecule has 0 bridgehead atoms. The Kier molecular flexibility index (Phi) is 5.50. The molecule has 152 valence electrons. The van der Waals surface area contributed by atoms with Crippen LogP contribution >= 0.6 is 27.5 Å². The maximum absolute atomic E-state index is 6.26. The summed E-state index contributed by atoms with van der Waals surface area (Å²) in [5, 5.41) is 4.23. The quantitative estimate of drug-likeness (QED) is 0.483. The van der Waals surface area contributed by atoms with Crippen LogP contribution in [0, 0.1) is 0 Å². The lowest BCUT2D eigenvalue weighted by molar-refractivity contribution is 0.176. The number of aliphatic imine (C=N–C) groups is 1. The fourth-order valence-corrected chi connectivity index (χ4v) is 4.67. The number of para-hydroxylation sites is 1. The van der Waals surface area contributed by atoms with Crippen LogP contribution in [0.4, 0.5) is 17.1 Å². The SMILES string of the molecule is Clc1ccc2c(c1)N=C(N1CCN(Cc3cccc(Br)c3)CC1)c1ccccc1N2. The Labute approximate surface area is 190 Å². The molecule has 1 saturated heterocycles. The van der Waals surface area contributed by atoms with Gasteiger partial charge in [0.15, 0.2) is 0 Å². The number of benzene rings is 3. The monoisotopic (exact) mass is 480 g/mol. The normalized spacial score (nSPS) is 16.2. The van der Waals surface area contributed by atoms with Crippen LogP contribution in [-0.2, 0) is 6.54 Å². The molecular formula is C24H22BrClN4. The Hall–Kier alpha value is -2.34. The van der Waals surface area contributed by atoms with Gasteiger partial charge in [-0.2, -0.15) is 0 Å². The van der Waals surface area contributed by atoms with Crippen LogP contribution < -0.4 is 5.32 Å². The highest BCUT2D eigenvalue weighted by atomic mass is 79.9. The minimum absolute atomic E-state index is 0.698. The van der Waals surface area contributed by atoms with Gasteiger partial charge in [0.2, 0.25) is 0 Å². The van der Waals surface area contributed by atoms with Crippen LogP contribution in [0.3, 0.4) is 0 Å². The van der Waals surface area contributed by atoms with Gasteiger partial charge < -0.3 is 10.2 Å². The van der Waals surface area contributed by atoms with Crippen LogP contribution in [0.2, 0.25) is 5.02 Å². The van der Waals surface area contributed by atoms with E-state index in [-0.39, 0.29) is 0 Å². The molecule has 2 heterocycles. The summed E-state index contributed by atoms with van der Waals surface area (Å²) < 4.78 is 1.13. The zero-order valence-electron chi connectivity index (χ0n) is 16.5. The van der Waals surface area contributed by atoms with E-state index in [1.54, 1.807) is 0 Å². The second kappa shape index (κ2) is 8.42. The number of amidine groups is 1. The molecule has 0 saturated carbocycles. The van der Waals surface area contributed by atoms with Crippen LogP contribution in [0.1, 0.15) is 11.1 Å². The van der Waals surface area contributed by atoms with Crippen molar-refractivity contribution in [1.82, 2.24) is 9.80 Å². The zero-order chi connectivity index (χ0) is 20.5. The van der Waals surface area contributed by atoms with Crippen molar-refractivity contribution in [1.29, 1.82) is 0 Å². The molecule has 0 amide bonds. The van der Waals surface area contributed by atoms with Crippen molar-refractivity contribution in [3.63, 3.8) is 0 Å². The molecule has 4 nitrogen and oxygen atoms in total. The molecule has 30 heavy (non-hydrogen) atoms. The molecule has 0 spiro atoms. The number of halogens is 2. The molecule has 6 heteroatoms. The maximum atomic E-state index is 6.26. The van der Waals surface area contributed by atoms with Gasteiger partial charge in [0.1, 0.15) is 5.84 Å². The minimum atomic E-state index is 0.698. The second-order valence-electron chi connectivity index (χ2n) is 7.66. The predicted octanol–water partition coefficient (Wildman–Crippen LogP) is 6.06. The number of anilines is 2. The van der Waals surface area contributed by atoms with Crippen LogP contribution in [0.15, 0.2) is 76.2 Å². The summed E-state index contributed by atoms with van der Waals surface area (Å²) in [4.78, 5) is 9.96. The number of piperazine rings is 1. The first-order chi connectivity index (χ1) is 14.7. The lowest BCUT2D eigenvalue weighted by Gasteiger charge is -2.36. The number of fused-ring (bicyclic) bond motifs is 2. The standard InChI is InChI=1S/C24H22BrClN4/c25-18-5-3-4-17(14-18)16-29-10-12-30(13-11-29)24-20-6-1-2-7-21(20)27-22-9-8-19(26)15-23(22)28-24/h1-9,14-15,27H,10-13,16H2. The van der Waals surface area contributed by atoms with E-state index in [1.165, 1.54) is 5.56 Å². The fourth-order valence-electron chi connectivity index (χ4n) is 4.06. The number of hydrogen-bond donors (Lipinski definition) is 1. The van der Waals surface area contributed by atoms with Crippen LogP contribution in [0.25, 0.3) is 0 Å². The average Bonchev–Trinajstić information content (AvgIpc) is 2.91. The largest absolute Gasteiger partial charge is 0.353 e. The van der Waals surface area contributed by atoms with E-state index >= 15 is 0 Å². The summed E-state index contributed by atoms with van der Waals surface area (Å²) >= 11 is 9.83. The topological polar surface area (TPSA) is 30.9 Å². The van der Waals surface area contributed by atoms with Gasteiger partial charge in [0.05, 0.1) is 11.4 Å². The van der Waals surface area contributed by atoms with E-state index in [4.69, 9.17) is 16.6 Å². The second-order valence-corrected chi connectivity index (χ2v) is 9.01. The Morgan fingerprint density at radius 2 is 1.73 bits per heavy atom. The molecule has 1 fully saturated rings. The summed E-state index contributed by atoms with van der Waals surface area (Å²) in [6.45, 7) is 4.86. The first-order valence-corrected chi connectivity index (χ1v) is 11.3. The molecule has 0 radical (unpaired) electrons. The number of nitrogens with one attached hydrogen (secondary N) is 1. The zero-order valence-corrected chi connectivity index (χ0v) is 18.8. The van der Waals surface area contributed by atoms with Crippen molar-refractivity contribution >= 4 is 50.4 Å². The predicted molar refractivity (Wildman–Crippen MR) is 128 cm³/mol. The highest BCUT2D eigenvalue weighted by Gasteiger charge is 2.25. The smallest absolute Gasteiger partial charge is 0.138 e. The summed E-state index contributed by atoms with van der Waals surface area (Å²) in [7, 11) is 0. The van der Waals surface area contributed by atoms with Gasteiger partial charge in [0.25, 0.3) is 0 Å². The number of hydrogen-bond acceptors (Lipinski definition) is 4. The first-order valence-electron chi connectivity index (χ1n) is 10.1. The molecule has 2 aliphatic rings. The van der Waals surface area contributed by atoms with E-state index in [9.17, 15) is 0 Å². The Morgan fingerprint density at radius 1 is 0.900 bits per heavy atom. The van der Waals surface area contributed by atoms with E-state index in [0.717, 1.165) is 65.7 Å². The van der Waals surface area contributed by atoms with Gasteiger partial charge >= 0.3 is 0 Å². The highest BCUT2D eigenvalue weighted by Crippen LogP contribution is 2.36. The summed E-state index contributed by atoms with van der Waals surface area (Å²) in [6.07, 6.45) is 0. The van der Waals surface area contributed by atoms with Gasteiger partial charge in [-0.3, -0.25) is 4.90 Å². The summed E-state index contributed by atoms with van der Waals surface area (Å²) in [5.74, 6) is 1.02. The number of nitrogens with zero attached hydrogens (tertiary/aromatic N) is 3. The van der Waals surface area contributed by atoms with E-state index in [2.05, 4.69) is 79.6 Å². The van der Waals surface area contributed by atoms with E-state index in [1.807, 2.05) is 18.2 Å². The fraction of sp³-hybridized carbons (Fsp3) is 0.208. The lowest BCUT2D eigenvalue weighted by Crippen LogP contribution is -2.48. The molecule has 0 atom stereocenters. The van der Waals surface area contributed by atoms with Crippen molar-refractivity contribution < 1.29 is 0 Å². The molecule has 2 aliphatic heterocycles. The molecule has 0 unspecified atom stereocenters. The van der Waals surface area contributed by atoms with E-state index < -0.39 is 0 Å². The average molecular weight is 482 g/mol. The van der Waals surface area contributed by atoms with Crippen LogP contribution in [-0.4, -0.2) is 41.8 Å². The van der Waals surface area contributed by atoms with E-state index in [0.29, 0.717) is 5.02 Å². The molecule has 1 N–H and O–H groups in total. The van der Waals surface area contributed by atoms with Gasteiger partial charge in [0, 0.05) is 53.5 Å². The Morgan fingerprint density at radius 3 is 2.57 bits per heavy atom. The van der Waals surface area contributed by atoms with Crippen molar-refractivity contribution in [3.8, 4) is 0 Å². The third kappa shape index (κ3) is 4.10. The molecule has 5 rings (SSSR count). The lowest BCUT2D eigenvalue weighted by atomic mass is 10.1. The molecular weight excluding hydrogens is 460 g/mol. The first kappa shape index (κ1) is 19.6. The molecule has 3 aromatic carbocycles. The van der Waals surface area contributed by atoms with Crippen molar-refractivity contribution in [2.45, 2.75) is 6.54 Å². The third-order valence-electron chi connectivity index (χ3n) is 5.59. The number of rotatable bonds is 2.